The van der Waals surface area contributed by atoms with Gasteiger partial charge in [-0.2, -0.15) is 13.1 Å². The fourth-order valence-corrected chi connectivity index (χ4v) is 4.30. The lowest BCUT2D eigenvalue weighted by molar-refractivity contribution is -0.0498. The van der Waals surface area contributed by atoms with Gasteiger partial charge in [-0.05, 0) is 61.4 Å². The number of nitrogens with zero attached hydrogens (tertiary/aromatic N) is 1. The normalized spacial score (nSPS) is 15.1. The van der Waals surface area contributed by atoms with E-state index in [0.717, 1.165) is 12.8 Å². The molecule has 1 N–H and O–H groups in total. The zero-order valence-electron chi connectivity index (χ0n) is 14.3. The van der Waals surface area contributed by atoms with Gasteiger partial charge in [0.2, 0.25) is 10.0 Å². The van der Waals surface area contributed by atoms with E-state index in [0.29, 0.717) is 18.8 Å². The molecule has 0 aromatic heterocycles. The van der Waals surface area contributed by atoms with Crippen molar-refractivity contribution >= 4 is 21.6 Å². The Morgan fingerprint density at radius 1 is 1.00 bits per heavy atom. The van der Waals surface area contributed by atoms with Crippen LogP contribution in [0.25, 0.3) is 0 Å². The van der Waals surface area contributed by atoms with E-state index in [4.69, 9.17) is 0 Å². The SMILES string of the molecule is O=C(Nc1ccc(OC(F)F)cc1)c1ccc(S(=O)(=O)N2CCCC2)cc1. The third kappa shape index (κ3) is 4.61. The molecule has 0 spiro atoms. The number of sulfonamides is 1. The van der Waals surface area contributed by atoms with Gasteiger partial charge in [-0.3, -0.25) is 4.79 Å². The van der Waals surface area contributed by atoms with Gasteiger partial charge in [0, 0.05) is 24.3 Å². The van der Waals surface area contributed by atoms with Gasteiger partial charge < -0.3 is 10.1 Å². The van der Waals surface area contributed by atoms with E-state index >= 15 is 0 Å². The lowest BCUT2D eigenvalue weighted by Crippen LogP contribution is -2.27. The fourth-order valence-electron chi connectivity index (χ4n) is 2.78. The van der Waals surface area contributed by atoms with Gasteiger partial charge in [-0.25, -0.2) is 8.42 Å². The topological polar surface area (TPSA) is 75.7 Å². The molecule has 1 aliphatic heterocycles. The van der Waals surface area contributed by atoms with Crippen LogP contribution in [-0.2, 0) is 10.0 Å². The molecule has 27 heavy (non-hydrogen) atoms. The molecule has 1 saturated heterocycles. The Morgan fingerprint density at radius 3 is 2.15 bits per heavy atom. The first kappa shape index (κ1) is 19.2. The number of alkyl halides is 2. The van der Waals surface area contributed by atoms with E-state index in [9.17, 15) is 22.0 Å². The Hall–Kier alpha value is -2.52. The molecular formula is C18H18F2N2O4S. The van der Waals surface area contributed by atoms with Crippen LogP contribution in [0.5, 0.6) is 5.75 Å². The molecule has 1 fully saturated rings. The van der Waals surface area contributed by atoms with Gasteiger partial charge in [-0.15, -0.1) is 0 Å². The van der Waals surface area contributed by atoms with Crippen molar-refractivity contribution in [3.63, 3.8) is 0 Å². The Balaban J connectivity index is 1.67. The quantitative estimate of drug-likeness (QED) is 0.813. The number of rotatable bonds is 6. The molecule has 0 bridgehead atoms. The highest BCUT2D eigenvalue weighted by molar-refractivity contribution is 7.89. The maximum Gasteiger partial charge on any atom is 0.387 e. The Morgan fingerprint density at radius 2 is 1.59 bits per heavy atom. The van der Waals surface area contributed by atoms with Crippen molar-refractivity contribution in [1.82, 2.24) is 4.31 Å². The highest BCUT2D eigenvalue weighted by Gasteiger charge is 2.27. The number of hydrogen-bond donors (Lipinski definition) is 1. The van der Waals surface area contributed by atoms with Crippen molar-refractivity contribution in [2.45, 2.75) is 24.3 Å². The largest absolute Gasteiger partial charge is 0.435 e. The standard InChI is InChI=1S/C18H18F2N2O4S/c19-18(20)26-15-7-5-14(6-8-15)21-17(23)13-3-9-16(10-4-13)27(24,25)22-11-1-2-12-22/h3-10,18H,1-2,11-12H2,(H,21,23). The number of carbonyl (C=O) groups excluding carboxylic acids is 1. The minimum atomic E-state index is -3.53. The maximum atomic E-state index is 12.5. The second kappa shape index (κ2) is 8.01. The molecule has 0 atom stereocenters. The number of benzene rings is 2. The first-order valence-corrected chi connectivity index (χ1v) is 9.77. The van der Waals surface area contributed by atoms with Crippen molar-refractivity contribution in [3.05, 3.63) is 54.1 Å². The van der Waals surface area contributed by atoms with Crippen molar-refractivity contribution < 1.29 is 26.7 Å². The molecule has 0 saturated carbocycles. The lowest BCUT2D eigenvalue weighted by atomic mass is 10.2. The van der Waals surface area contributed by atoms with Crippen LogP contribution >= 0.6 is 0 Å². The summed E-state index contributed by atoms with van der Waals surface area (Å²) in [5, 5.41) is 2.61. The predicted molar refractivity (Wildman–Crippen MR) is 95.5 cm³/mol. The number of nitrogens with one attached hydrogen (secondary N) is 1. The molecule has 0 unspecified atom stereocenters. The van der Waals surface area contributed by atoms with E-state index in [1.165, 1.54) is 52.8 Å². The molecule has 3 rings (SSSR count). The number of carbonyl (C=O) groups is 1. The van der Waals surface area contributed by atoms with Gasteiger partial charge in [0.25, 0.3) is 5.91 Å². The first-order chi connectivity index (χ1) is 12.9. The average molecular weight is 396 g/mol. The first-order valence-electron chi connectivity index (χ1n) is 8.33. The zero-order chi connectivity index (χ0) is 19.4. The number of ether oxygens (including phenoxy) is 1. The van der Waals surface area contributed by atoms with Crippen LogP contribution in [0.15, 0.2) is 53.4 Å². The van der Waals surface area contributed by atoms with Gasteiger partial charge in [0.05, 0.1) is 4.90 Å². The Bertz CT molecular complexity index is 894. The monoisotopic (exact) mass is 396 g/mol. The molecule has 2 aromatic carbocycles. The molecule has 1 aliphatic rings. The summed E-state index contributed by atoms with van der Waals surface area (Å²) in [5.41, 5.74) is 0.679. The third-order valence-corrected chi connectivity index (χ3v) is 6.07. The molecule has 2 aromatic rings. The molecule has 0 radical (unpaired) electrons. The van der Waals surface area contributed by atoms with E-state index in [1.54, 1.807) is 0 Å². The van der Waals surface area contributed by atoms with Crippen LogP contribution in [0.4, 0.5) is 14.5 Å². The minimum Gasteiger partial charge on any atom is -0.435 e. The molecule has 6 nitrogen and oxygen atoms in total. The second-order valence-electron chi connectivity index (χ2n) is 5.99. The highest BCUT2D eigenvalue weighted by Crippen LogP contribution is 2.22. The third-order valence-electron chi connectivity index (χ3n) is 4.16. The van der Waals surface area contributed by atoms with E-state index in [2.05, 4.69) is 10.1 Å². The van der Waals surface area contributed by atoms with Crippen molar-refractivity contribution in [2.75, 3.05) is 18.4 Å². The predicted octanol–water partition coefficient (Wildman–Crippen LogP) is 3.32. The molecule has 0 aliphatic carbocycles. The molecular weight excluding hydrogens is 378 g/mol. The number of amides is 1. The molecule has 9 heteroatoms. The smallest absolute Gasteiger partial charge is 0.387 e. The zero-order valence-corrected chi connectivity index (χ0v) is 15.1. The summed E-state index contributed by atoms with van der Waals surface area (Å²) in [4.78, 5) is 12.4. The summed E-state index contributed by atoms with van der Waals surface area (Å²) < 4.78 is 54.9. The van der Waals surface area contributed by atoms with Crippen molar-refractivity contribution in [1.29, 1.82) is 0 Å². The average Bonchev–Trinajstić information content (AvgIpc) is 3.18. The molecule has 144 valence electrons. The summed E-state index contributed by atoms with van der Waals surface area (Å²) in [6.45, 7) is -1.90. The summed E-state index contributed by atoms with van der Waals surface area (Å²) in [5.74, 6) is -0.456. The number of anilines is 1. The van der Waals surface area contributed by atoms with E-state index in [-0.39, 0.29) is 16.2 Å². The van der Waals surface area contributed by atoms with E-state index in [1.807, 2.05) is 0 Å². The van der Waals surface area contributed by atoms with Crippen molar-refractivity contribution in [3.8, 4) is 5.75 Å². The molecule has 1 heterocycles. The summed E-state index contributed by atoms with van der Waals surface area (Å²) in [6.07, 6.45) is 1.70. The van der Waals surface area contributed by atoms with Crippen molar-refractivity contribution in [2.24, 2.45) is 0 Å². The summed E-state index contributed by atoms with van der Waals surface area (Å²) >= 11 is 0. The molecule has 1 amide bonds. The van der Waals surface area contributed by atoms with Gasteiger partial charge in [-0.1, -0.05) is 0 Å². The number of halogens is 2. The number of hydrogen-bond acceptors (Lipinski definition) is 4. The van der Waals surface area contributed by atoms with Crippen LogP contribution < -0.4 is 10.1 Å². The Kier molecular flexibility index (Phi) is 5.71. The van der Waals surface area contributed by atoms with Crippen LogP contribution in [0.1, 0.15) is 23.2 Å². The summed E-state index contributed by atoms with van der Waals surface area (Å²) in [7, 11) is -3.53. The fraction of sp³-hybridized carbons (Fsp3) is 0.278. The van der Waals surface area contributed by atoms with Gasteiger partial charge in [0.1, 0.15) is 5.75 Å². The van der Waals surface area contributed by atoms with E-state index < -0.39 is 22.5 Å². The van der Waals surface area contributed by atoms with Gasteiger partial charge >= 0.3 is 6.61 Å². The summed E-state index contributed by atoms with van der Waals surface area (Å²) in [6, 6.07) is 11.2. The minimum absolute atomic E-state index is 0.0144. The highest BCUT2D eigenvalue weighted by atomic mass is 32.2. The lowest BCUT2D eigenvalue weighted by Gasteiger charge is -2.15. The van der Waals surface area contributed by atoms with Gasteiger partial charge in [0.15, 0.2) is 0 Å². The van der Waals surface area contributed by atoms with Crippen LogP contribution in [-0.4, -0.2) is 38.3 Å². The second-order valence-corrected chi connectivity index (χ2v) is 7.93. The van der Waals surface area contributed by atoms with Crippen LogP contribution in [0, 0.1) is 0 Å². The van der Waals surface area contributed by atoms with Crippen LogP contribution in [0.3, 0.4) is 0 Å². The Labute approximate surface area is 155 Å². The van der Waals surface area contributed by atoms with Crippen LogP contribution in [0.2, 0.25) is 0 Å². The maximum absolute atomic E-state index is 12.5.